The molecule has 0 bridgehead atoms. The molecule has 0 rings (SSSR count). The van der Waals surface area contributed by atoms with Gasteiger partial charge in [0.05, 0.1) is 0 Å². The fourth-order valence-electron chi connectivity index (χ4n) is 2.36. The zero-order valence-corrected chi connectivity index (χ0v) is 13.4. The maximum atomic E-state index is 2.42. The van der Waals surface area contributed by atoms with Crippen LogP contribution in [0, 0.1) is 0 Å². The van der Waals surface area contributed by atoms with E-state index in [1.165, 1.54) is 70.6 Å². The fraction of sp³-hybridized carbons (Fsp3) is 0.882. The van der Waals surface area contributed by atoms with Crippen molar-refractivity contribution in [1.82, 2.24) is 0 Å². The molecule has 0 aromatic rings. The number of allylic oxidation sites excluding steroid dienone is 2. The Hall–Kier alpha value is -0.195. The summed E-state index contributed by atoms with van der Waals surface area (Å²) in [7, 11) is 2.42. The van der Waals surface area contributed by atoms with Gasteiger partial charge in [-0.2, -0.15) is 0 Å². The van der Waals surface area contributed by atoms with E-state index in [2.05, 4.69) is 40.8 Å². The normalized spacial score (nSPS) is 15.1. The van der Waals surface area contributed by atoms with E-state index < -0.39 is 0 Å². The summed E-state index contributed by atoms with van der Waals surface area (Å²) in [6.07, 6.45) is 19.8. The molecular weight excluding hydrogens is 215 g/mol. The molecule has 0 aromatic heterocycles. The van der Waals surface area contributed by atoms with Crippen LogP contribution < -0.4 is 0 Å². The summed E-state index contributed by atoms with van der Waals surface area (Å²) >= 11 is 0. The van der Waals surface area contributed by atoms with Crippen LogP contribution in [0.25, 0.3) is 0 Å². The van der Waals surface area contributed by atoms with E-state index in [1.807, 2.05) is 0 Å². The molecule has 0 spiro atoms. The Balaban J connectivity index is 3.41. The van der Waals surface area contributed by atoms with Crippen molar-refractivity contribution in [3.63, 3.8) is 0 Å². The first-order chi connectivity index (χ1) is 8.62. The van der Waals surface area contributed by atoms with E-state index in [9.17, 15) is 0 Å². The van der Waals surface area contributed by atoms with Crippen molar-refractivity contribution in [2.45, 2.75) is 96.7 Å². The van der Waals surface area contributed by atoms with E-state index >= 15 is 0 Å². The first kappa shape index (κ1) is 17.8. The topological polar surface area (TPSA) is 0 Å². The zero-order valence-electron chi connectivity index (χ0n) is 13.4. The molecule has 0 fully saturated rings. The van der Waals surface area contributed by atoms with E-state index in [0.717, 1.165) is 0 Å². The number of hydrogen-bond acceptors (Lipinski definition) is 0. The average Bonchev–Trinajstić information content (AvgIpc) is 2.34. The molecule has 1 atom stereocenters. The molecule has 0 saturated carbocycles. The van der Waals surface area contributed by atoms with Gasteiger partial charge in [-0.3, -0.25) is 0 Å². The third-order valence-corrected chi connectivity index (χ3v) is 3.84. The molecule has 18 heavy (non-hydrogen) atoms. The highest BCUT2D eigenvalue weighted by molar-refractivity contribution is 6.14. The highest BCUT2D eigenvalue weighted by Crippen LogP contribution is 2.33. The van der Waals surface area contributed by atoms with Gasteiger partial charge in [-0.05, 0) is 19.3 Å². The highest BCUT2D eigenvalue weighted by atomic mass is 14.1. The Morgan fingerprint density at radius 2 is 1.39 bits per heavy atom. The number of hydrogen-bond donors (Lipinski definition) is 0. The molecule has 0 radical (unpaired) electrons. The average molecular weight is 250 g/mol. The molecule has 1 unspecified atom stereocenters. The zero-order chi connectivity index (χ0) is 13.7. The second kappa shape index (κ2) is 11.9. The van der Waals surface area contributed by atoms with Gasteiger partial charge >= 0.3 is 0 Å². The van der Waals surface area contributed by atoms with Gasteiger partial charge in [-0.25, -0.2) is 0 Å². The summed E-state index contributed by atoms with van der Waals surface area (Å²) in [5.41, 5.74) is 0. The molecule has 0 aliphatic heterocycles. The third kappa shape index (κ3) is 12.3. The lowest BCUT2D eigenvalue weighted by atomic mass is 9.64. The van der Waals surface area contributed by atoms with E-state index in [0.29, 0.717) is 5.31 Å². The quantitative estimate of drug-likeness (QED) is 0.237. The molecular formula is C17H35B. The van der Waals surface area contributed by atoms with Crippen LogP contribution in [-0.4, -0.2) is 7.85 Å². The van der Waals surface area contributed by atoms with Gasteiger partial charge in [0.1, 0.15) is 7.85 Å². The van der Waals surface area contributed by atoms with Crippen molar-refractivity contribution in [2.75, 3.05) is 0 Å². The summed E-state index contributed by atoms with van der Waals surface area (Å²) < 4.78 is 0. The van der Waals surface area contributed by atoms with Gasteiger partial charge in [0.15, 0.2) is 0 Å². The second-order valence-electron chi connectivity index (χ2n) is 6.48. The summed E-state index contributed by atoms with van der Waals surface area (Å²) in [6.45, 7) is 6.98. The van der Waals surface area contributed by atoms with Crippen molar-refractivity contribution >= 4 is 7.85 Å². The second-order valence-corrected chi connectivity index (χ2v) is 6.48. The molecule has 0 heterocycles. The minimum atomic E-state index is 0.543. The van der Waals surface area contributed by atoms with Crippen LogP contribution in [0.15, 0.2) is 12.2 Å². The molecule has 0 aromatic carbocycles. The van der Waals surface area contributed by atoms with Crippen LogP contribution in [-0.2, 0) is 0 Å². The van der Waals surface area contributed by atoms with Crippen molar-refractivity contribution in [3.8, 4) is 0 Å². The maximum Gasteiger partial charge on any atom is 0.109 e. The largest absolute Gasteiger partial charge is 0.109 e. The lowest BCUT2D eigenvalue weighted by molar-refractivity contribution is 0.498. The Labute approximate surface area is 117 Å². The minimum absolute atomic E-state index is 0.543. The monoisotopic (exact) mass is 250 g/mol. The van der Waals surface area contributed by atoms with E-state index in [-0.39, 0.29) is 0 Å². The van der Waals surface area contributed by atoms with Crippen LogP contribution in [0.3, 0.4) is 0 Å². The van der Waals surface area contributed by atoms with E-state index in [4.69, 9.17) is 0 Å². The van der Waals surface area contributed by atoms with Gasteiger partial charge in [-0.15, -0.1) is 0 Å². The third-order valence-electron chi connectivity index (χ3n) is 3.84. The van der Waals surface area contributed by atoms with Crippen LogP contribution in [0.5, 0.6) is 0 Å². The SMILES string of the molecule is BC(C)(CC/C=C/CCCCCCC)CCCC. The smallest absolute Gasteiger partial charge is 0.0885 e. The Kier molecular flexibility index (Phi) is 11.7. The Bertz CT molecular complexity index is 194. The Morgan fingerprint density at radius 3 is 2.06 bits per heavy atom. The first-order valence-electron chi connectivity index (χ1n) is 8.27. The molecule has 0 N–H and O–H groups in total. The summed E-state index contributed by atoms with van der Waals surface area (Å²) in [6, 6.07) is 0. The molecule has 1 heteroatoms. The predicted octanol–water partition coefficient (Wildman–Crippen LogP) is 5.69. The molecule has 0 aliphatic rings. The fourth-order valence-corrected chi connectivity index (χ4v) is 2.36. The van der Waals surface area contributed by atoms with Gasteiger partial charge in [0, 0.05) is 0 Å². The summed E-state index contributed by atoms with van der Waals surface area (Å²) in [4.78, 5) is 0. The van der Waals surface area contributed by atoms with Crippen molar-refractivity contribution in [1.29, 1.82) is 0 Å². The molecule has 0 nitrogen and oxygen atoms in total. The molecule has 0 amide bonds. The van der Waals surface area contributed by atoms with Crippen molar-refractivity contribution in [2.24, 2.45) is 0 Å². The first-order valence-corrected chi connectivity index (χ1v) is 8.27. The van der Waals surface area contributed by atoms with E-state index in [1.54, 1.807) is 0 Å². The molecule has 106 valence electrons. The number of unbranched alkanes of at least 4 members (excludes halogenated alkanes) is 6. The van der Waals surface area contributed by atoms with Gasteiger partial charge in [0.25, 0.3) is 0 Å². The molecule has 0 aliphatic carbocycles. The van der Waals surface area contributed by atoms with Crippen LogP contribution in [0.4, 0.5) is 0 Å². The Morgan fingerprint density at radius 1 is 0.778 bits per heavy atom. The summed E-state index contributed by atoms with van der Waals surface area (Å²) in [5.74, 6) is 0. The maximum absolute atomic E-state index is 2.42. The standard InChI is InChI=1S/C17H35B/c1-4-6-8-9-10-11-12-13-14-16-17(3,18)15-7-5-2/h12-13H,4-11,14-16,18H2,1-3H3/b13-12+. The highest BCUT2D eigenvalue weighted by Gasteiger charge is 2.15. The van der Waals surface area contributed by atoms with Gasteiger partial charge in [0.2, 0.25) is 0 Å². The van der Waals surface area contributed by atoms with Crippen LogP contribution in [0.1, 0.15) is 91.4 Å². The van der Waals surface area contributed by atoms with Crippen LogP contribution >= 0.6 is 0 Å². The van der Waals surface area contributed by atoms with Gasteiger partial charge in [-0.1, -0.05) is 89.6 Å². The van der Waals surface area contributed by atoms with Crippen molar-refractivity contribution in [3.05, 3.63) is 12.2 Å². The van der Waals surface area contributed by atoms with Crippen molar-refractivity contribution < 1.29 is 0 Å². The number of rotatable bonds is 12. The van der Waals surface area contributed by atoms with Gasteiger partial charge < -0.3 is 0 Å². The lowest BCUT2D eigenvalue weighted by Crippen LogP contribution is -2.07. The minimum Gasteiger partial charge on any atom is -0.0885 e. The summed E-state index contributed by atoms with van der Waals surface area (Å²) in [5, 5.41) is 0.543. The lowest BCUT2D eigenvalue weighted by Gasteiger charge is -2.23. The predicted molar refractivity (Wildman–Crippen MR) is 88.2 cm³/mol. The van der Waals surface area contributed by atoms with Crippen LogP contribution in [0.2, 0.25) is 5.31 Å². The molecule has 0 saturated heterocycles.